The molecule has 1 aromatic carbocycles. The van der Waals surface area contributed by atoms with Crippen LogP contribution in [-0.4, -0.2) is 15.8 Å². The average molecular weight is 218 g/mol. The summed E-state index contributed by atoms with van der Waals surface area (Å²) in [7, 11) is 2.05. The molecule has 2 nitrogen and oxygen atoms in total. The van der Waals surface area contributed by atoms with Crippen molar-refractivity contribution in [1.29, 1.82) is 0 Å². The van der Waals surface area contributed by atoms with Crippen LogP contribution in [0.3, 0.4) is 0 Å². The van der Waals surface area contributed by atoms with Gasteiger partial charge >= 0.3 is 0 Å². The molecule has 0 aliphatic heterocycles. The van der Waals surface area contributed by atoms with Gasteiger partial charge in [0.05, 0.1) is 11.9 Å². The van der Waals surface area contributed by atoms with E-state index in [1.54, 1.807) is 11.8 Å². The topological polar surface area (TPSA) is 17.8 Å². The summed E-state index contributed by atoms with van der Waals surface area (Å²) < 4.78 is 2.12. The van der Waals surface area contributed by atoms with Gasteiger partial charge in [0.1, 0.15) is 0 Å². The molecule has 1 aromatic heterocycles. The van der Waals surface area contributed by atoms with Gasteiger partial charge in [-0.15, -0.1) is 0 Å². The summed E-state index contributed by atoms with van der Waals surface area (Å²) in [5, 5.41) is 1.05. The summed E-state index contributed by atoms with van der Waals surface area (Å²) in [6.07, 6.45) is 3.97. The van der Waals surface area contributed by atoms with E-state index in [1.165, 1.54) is 16.8 Å². The number of hydrogen-bond acceptors (Lipinski definition) is 2. The molecule has 0 spiro atoms. The van der Waals surface area contributed by atoms with Crippen molar-refractivity contribution >= 4 is 11.8 Å². The second kappa shape index (κ2) is 4.11. The molecule has 2 rings (SSSR count). The predicted octanol–water partition coefficient (Wildman–Crippen LogP) is 3.12. The maximum absolute atomic E-state index is 4.36. The standard InChI is InChI=1S/C12H14N2S/c1-9-4-6-10(7-5-9)11-8-13-12(15-3)14(11)2/h4-8H,1-3H3. The largest absolute Gasteiger partial charge is 0.322 e. The van der Waals surface area contributed by atoms with Crippen molar-refractivity contribution in [3.8, 4) is 11.3 Å². The van der Waals surface area contributed by atoms with Crippen LogP contribution in [0.4, 0.5) is 0 Å². The van der Waals surface area contributed by atoms with Crippen LogP contribution in [0.15, 0.2) is 35.6 Å². The molecular weight excluding hydrogens is 204 g/mol. The molecule has 15 heavy (non-hydrogen) atoms. The highest BCUT2D eigenvalue weighted by molar-refractivity contribution is 7.98. The number of benzene rings is 1. The third-order valence-electron chi connectivity index (χ3n) is 2.48. The molecule has 78 valence electrons. The van der Waals surface area contributed by atoms with Crippen LogP contribution < -0.4 is 0 Å². The predicted molar refractivity (Wildman–Crippen MR) is 65.2 cm³/mol. The molecule has 0 bridgehead atoms. The molecule has 0 aliphatic carbocycles. The van der Waals surface area contributed by atoms with Crippen LogP contribution in [0.25, 0.3) is 11.3 Å². The number of hydrogen-bond donors (Lipinski definition) is 0. The van der Waals surface area contributed by atoms with E-state index < -0.39 is 0 Å². The van der Waals surface area contributed by atoms with E-state index >= 15 is 0 Å². The van der Waals surface area contributed by atoms with Crippen LogP contribution in [0.5, 0.6) is 0 Å². The van der Waals surface area contributed by atoms with Crippen molar-refractivity contribution in [2.45, 2.75) is 12.1 Å². The minimum absolute atomic E-state index is 1.05. The summed E-state index contributed by atoms with van der Waals surface area (Å²) in [5.41, 5.74) is 3.67. The van der Waals surface area contributed by atoms with Crippen LogP contribution in [0.2, 0.25) is 0 Å². The first kappa shape index (κ1) is 10.3. The Morgan fingerprint density at radius 3 is 2.40 bits per heavy atom. The van der Waals surface area contributed by atoms with E-state index in [-0.39, 0.29) is 0 Å². The lowest BCUT2D eigenvalue weighted by atomic mass is 10.1. The normalized spacial score (nSPS) is 10.6. The van der Waals surface area contributed by atoms with Gasteiger partial charge in [-0.25, -0.2) is 4.98 Å². The third-order valence-corrected chi connectivity index (χ3v) is 3.22. The van der Waals surface area contributed by atoms with Crippen molar-refractivity contribution in [3.05, 3.63) is 36.0 Å². The fourth-order valence-electron chi connectivity index (χ4n) is 1.57. The molecular formula is C12H14N2S. The molecule has 0 amide bonds. The van der Waals surface area contributed by atoms with E-state index in [9.17, 15) is 0 Å². The zero-order valence-corrected chi connectivity index (χ0v) is 10.0. The van der Waals surface area contributed by atoms with Crippen molar-refractivity contribution in [3.63, 3.8) is 0 Å². The van der Waals surface area contributed by atoms with Gasteiger partial charge in [0.25, 0.3) is 0 Å². The molecule has 2 aromatic rings. The Labute approximate surface area is 94.3 Å². The van der Waals surface area contributed by atoms with Gasteiger partial charge in [-0.1, -0.05) is 41.6 Å². The monoisotopic (exact) mass is 218 g/mol. The van der Waals surface area contributed by atoms with Gasteiger partial charge < -0.3 is 4.57 Å². The SMILES string of the molecule is CSc1ncc(-c2ccc(C)cc2)n1C. The quantitative estimate of drug-likeness (QED) is 0.721. The lowest BCUT2D eigenvalue weighted by Crippen LogP contribution is -1.93. The summed E-state index contributed by atoms with van der Waals surface area (Å²) in [4.78, 5) is 4.36. The Kier molecular flexibility index (Phi) is 2.82. The fourth-order valence-corrected chi connectivity index (χ4v) is 2.11. The molecule has 0 aliphatic rings. The number of aryl methyl sites for hydroxylation is 1. The van der Waals surface area contributed by atoms with E-state index in [0.717, 1.165) is 5.16 Å². The van der Waals surface area contributed by atoms with Crippen LogP contribution in [-0.2, 0) is 7.05 Å². The Hall–Kier alpha value is -1.22. The number of imidazole rings is 1. The van der Waals surface area contributed by atoms with Crippen molar-refractivity contribution in [2.75, 3.05) is 6.26 Å². The molecule has 0 unspecified atom stereocenters. The summed E-state index contributed by atoms with van der Waals surface area (Å²) in [6.45, 7) is 2.10. The molecule has 0 radical (unpaired) electrons. The maximum Gasteiger partial charge on any atom is 0.167 e. The number of aromatic nitrogens is 2. The van der Waals surface area contributed by atoms with E-state index in [1.807, 2.05) is 19.5 Å². The first-order valence-electron chi connectivity index (χ1n) is 4.85. The Balaban J connectivity index is 2.45. The van der Waals surface area contributed by atoms with Gasteiger partial charge in [-0.05, 0) is 18.7 Å². The lowest BCUT2D eigenvalue weighted by Gasteiger charge is -2.04. The Morgan fingerprint density at radius 2 is 1.87 bits per heavy atom. The maximum atomic E-state index is 4.36. The van der Waals surface area contributed by atoms with Gasteiger partial charge in [0, 0.05) is 7.05 Å². The van der Waals surface area contributed by atoms with E-state index in [2.05, 4.69) is 40.7 Å². The van der Waals surface area contributed by atoms with Gasteiger partial charge in [-0.2, -0.15) is 0 Å². The third kappa shape index (κ3) is 1.92. The summed E-state index contributed by atoms with van der Waals surface area (Å²) in [5.74, 6) is 0. The molecule has 3 heteroatoms. The van der Waals surface area contributed by atoms with Crippen molar-refractivity contribution in [2.24, 2.45) is 7.05 Å². The molecule has 0 saturated carbocycles. The van der Waals surface area contributed by atoms with Crippen molar-refractivity contribution in [1.82, 2.24) is 9.55 Å². The average Bonchev–Trinajstić information content (AvgIpc) is 2.61. The first-order chi connectivity index (χ1) is 7.22. The summed E-state index contributed by atoms with van der Waals surface area (Å²) in [6, 6.07) is 8.52. The van der Waals surface area contributed by atoms with Crippen LogP contribution in [0, 0.1) is 6.92 Å². The molecule has 0 fully saturated rings. The first-order valence-corrected chi connectivity index (χ1v) is 6.07. The Morgan fingerprint density at radius 1 is 1.20 bits per heavy atom. The molecule has 1 heterocycles. The smallest absolute Gasteiger partial charge is 0.167 e. The zero-order chi connectivity index (χ0) is 10.8. The van der Waals surface area contributed by atoms with Crippen LogP contribution >= 0.6 is 11.8 Å². The molecule has 0 N–H and O–H groups in total. The highest BCUT2D eigenvalue weighted by Crippen LogP contribution is 2.23. The minimum atomic E-state index is 1.05. The number of nitrogens with zero attached hydrogens (tertiary/aromatic N) is 2. The molecule has 0 atom stereocenters. The van der Waals surface area contributed by atoms with Gasteiger partial charge in [0.2, 0.25) is 0 Å². The van der Waals surface area contributed by atoms with Gasteiger partial charge in [-0.3, -0.25) is 0 Å². The highest BCUT2D eigenvalue weighted by Gasteiger charge is 2.06. The van der Waals surface area contributed by atoms with Crippen LogP contribution in [0.1, 0.15) is 5.56 Å². The number of thioether (sulfide) groups is 1. The van der Waals surface area contributed by atoms with Gasteiger partial charge in [0.15, 0.2) is 5.16 Å². The minimum Gasteiger partial charge on any atom is -0.322 e. The summed E-state index contributed by atoms with van der Waals surface area (Å²) >= 11 is 1.67. The van der Waals surface area contributed by atoms with E-state index in [4.69, 9.17) is 0 Å². The Bertz CT molecular complexity index is 457. The van der Waals surface area contributed by atoms with Crippen molar-refractivity contribution < 1.29 is 0 Å². The molecule has 0 saturated heterocycles. The zero-order valence-electron chi connectivity index (χ0n) is 9.19. The second-order valence-electron chi connectivity index (χ2n) is 3.56. The second-order valence-corrected chi connectivity index (χ2v) is 4.33. The lowest BCUT2D eigenvalue weighted by molar-refractivity contribution is 0.798. The van der Waals surface area contributed by atoms with E-state index in [0.29, 0.717) is 0 Å². The fraction of sp³-hybridized carbons (Fsp3) is 0.250. The number of rotatable bonds is 2. The highest BCUT2D eigenvalue weighted by atomic mass is 32.2.